The fourth-order valence-electron chi connectivity index (χ4n) is 6.58. The Bertz CT molecular complexity index is 1750. The van der Waals surface area contributed by atoms with Gasteiger partial charge in [0, 0.05) is 12.8 Å². The Labute approximate surface area is 444 Å². The number of carbonyl (C=O) groups is 3. The van der Waals surface area contributed by atoms with E-state index in [1.165, 1.54) is 0 Å². The van der Waals surface area contributed by atoms with Gasteiger partial charge in [-0.2, -0.15) is 0 Å². The molecular formula is C64H99NO8. The number of aliphatic carboxylic acids is 1. The molecule has 0 rings (SSSR count). The SMILES string of the molecule is CC/C=C\C/C=C\C/C=C\C/C=C\C/C=C\C/C=C\C/C=C\C/C=C\CCCCCCC(=O)OC(COC(=O)CCCCC/C=C\C/C=C\C/C=C\C/C=C\C/C=C\CC)COC(OCC[N+](C)(C)C)C(=O)[O-]. The van der Waals surface area contributed by atoms with Crippen molar-refractivity contribution in [3.63, 3.8) is 0 Å². The molecule has 73 heavy (non-hydrogen) atoms. The molecule has 0 aromatic carbocycles. The minimum atomic E-state index is -1.65. The summed E-state index contributed by atoms with van der Waals surface area (Å²) in [5.74, 6) is -2.39. The highest BCUT2D eigenvalue weighted by Gasteiger charge is 2.21. The zero-order valence-electron chi connectivity index (χ0n) is 46.2. The first kappa shape index (κ1) is 67.9. The predicted molar refractivity (Wildman–Crippen MR) is 305 cm³/mol. The van der Waals surface area contributed by atoms with E-state index in [1.807, 2.05) is 21.1 Å². The molecule has 9 nitrogen and oxygen atoms in total. The zero-order chi connectivity index (χ0) is 53.4. The van der Waals surface area contributed by atoms with Gasteiger partial charge >= 0.3 is 11.9 Å². The minimum absolute atomic E-state index is 0.126. The van der Waals surface area contributed by atoms with Gasteiger partial charge in [0.1, 0.15) is 13.2 Å². The van der Waals surface area contributed by atoms with Crippen molar-refractivity contribution in [2.24, 2.45) is 0 Å². The Hall–Kier alpha value is -5.09. The van der Waals surface area contributed by atoms with E-state index in [0.29, 0.717) is 23.9 Å². The van der Waals surface area contributed by atoms with Crippen LogP contribution in [-0.4, -0.2) is 82.3 Å². The van der Waals surface area contributed by atoms with Gasteiger partial charge < -0.3 is 33.3 Å². The van der Waals surface area contributed by atoms with Crippen LogP contribution in [0.15, 0.2) is 158 Å². The first-order chi connectivity index (χ1) is 35.6. The second kappa shape index (κ2) is 53.2. The number of nitrogens with zero attached hydrogens (tertiary/aromatic N) is 1. The molecule has 0 fully saturated rings. The van der Waals surface area contributed by atoms with Gasteiger partial charge in [-0.15, -0.1) is 0 Å². The van der Waals surface area contributed by atoms with E-state index in [0.717, 1.165) is 128 Å². The van der Waals surface area contributed by atoms with E-state index in [2.05, 4.69) is 172 Å². The summed E-state index contributed by atoms with van der Waals surface area (Å²) in [6.45, 7) is 4.41. The highest BCUT2D eigenvalue weighted by atomic mass is 16.7. The molecule has 0 aromatic heterocycles. The largest absolute Gasteiger partial charge is 0.545 e. The fraction of sp³-hybridized carbons (Fsp3) is 0.547. The van der Waals surface area contributed by atoms with Gasteiger partial charge in [0.15, 0.2) is 12.4 Å². The van der Waals surface area contributed by atoms with Crippen molar-refractivity contribution in [3.05, 3.63) is 158 Å². The summed E-state index contributed by atoms with van der Waals surface area (Å²) in [5.41, 5.74) is 0. The highest BCUT2D eigenvalue weighted by molar-refractivity contribution is 5.70. The summed E-state index contributed by atoms with van der Waals surface area (Å²) >= 11 is 0. The zero-order valence-corrected chi connectivity index (χ0v) is 46.2. The monoisotopic (exact) mass is 1010 g/mol. The molecule has 0 N–H and O–H groups in total. The number of carboxylic acids is 1. The van der Waals surface area contributed by atoms with Crippen LogP contribution < -0.4 is 5.11 Å². The standard InChI is InChI=1S/C64H99NO8/c1-6-8-10-12-14-16-18-20-22-24-26-27-28-29-30-31-32-33-34-35-37-39-41-43-45-47-49-51-53-55-62(67)73-60(59-72-64(63(68)69)70-57-56-65(3,4)5)58-71-61(66)54-52-50-48-46-44-42-40-38-36-25-23-21-19-17-15-13-11-9-7-2/h8-11,14-17,20-23,26-27,29-30,32-33,35-38,41-44,60,64H,6-7,12-13,18-19,24-25,28,31,34,39-40,45-59H2,1-5H3/b10-8-,11-9-,16-14-,17-15-,22-20-,23-21-,27-26-,30-29-,33-32-,37-35-,38-36-,43-41-,44-42-. The van der Waals surface area contributed by atoms with E-state index in [-0.39, 0.29) is 32.7 Å². The van der Waals surface area contributed by atoms with Crippen LogP contribution in [0.25, 0.3) is 0 Å². The average molecular weight is 1010 g/mol. The molecule has 0 aliphatic rings. The Balaban J connectivity index is 4.45. The number of ether oxygens (including phenoxy) is 4. The molecule has 0 aliphatic carbocycles. The lowest BCUT2D eigenvalue weighted by Gasteiger charge is -2.26. The van der Waals surface area contributed by atoms with E-state index in [4.69, 9.17) is 18.9 Å². The van der Waals surface area contributed by atoms with Crippen LogP contribution in [0.3, 0.4) is 0 Å². The van der Waals surface area contributed by atoms with Gasteiger partial charge in [-0.3, -0.25) is 9.59 Å². The lowest BCUT2D eigenvalue weighted by Crippen LogP contribution is -2.44. The van der Waals surface area contributed by atoms with Crippen molar-refractivity contribution in [2.75, 3.05) is 47.5 Å². The molecule has 0 saturated heterocycles. The molecule has 0 heterocycles. The third kappa shape index (κ3) is 54.5. The quantitative estimate of drug-likeness (QED) is 0.0195. The summed E-state index contributed by atoms with van der Waals surface area (Å²) in [6, 6.07) is 0. The summed E-state index contributed by atoms with van der Waals surface area (Å²) < 4.78 is 22.6. The smallest absolute Gasteiger partial charge is 0.306 e. The molecule has 0 saturated carbocycles. The minimum Gasteiger partial charge on any atom is -0.545 e. The van der Waals surface area contributed by atoms with Gasteiger partial charge in [-0.1, -0.05) is 191 Å². The predicted octanol–water partition coefficient (Wildman–Crippen LogP) is 14.9. The van der Waals surface area contributed by atoms with Gasteiger partial charge in [0.05, 0.1) is 40.3 Å². The molecule has 408 valence electrons. The lowest BCUT2D eigenvalue weighted by atomic mass is 10.1. The molecule has 9 heteroatoms. The van der Waals surface area contributed by atoms with Gasteiger partial charge in [0.2, 0.25) is 0 Å². The molecule has 0 radical (unpaired) electrons. The third-order valence-corrected chi connectivity index (χ3v) is 10.8. The van der Waals surface area contributed by atoms with Crippen LogP contribution in [-0.2, 0) is 33.3 Å². The van der Waals surface area contributed by atoms with Crippen LogP contribution >= 0.6 is 0 Å². The van der Waals surface area contributed by atoms with Crippen molar-refractivity contribution in [3.8, 4) is 0 Å². The van der Waals surface area contributed by atoms with Crippen LogP contribution in [0.2, 0.25) is 0 Å². The second-order valence-corrected chi connectivity index (χ2v) is 18.8. The molecule has 0 spiro atoms. The fourth-order valence-corrected chi connectivity index (χ4v) is 6.58. The Morgan fingerprint density at radius 2 is 0.740 bits per heavy atom. The van der Waals surface area contributed by atoms with E-state index in [1.54, 1.807) is 0 Å². The van der Waals surface area contributed by atoms with E-state index >= 15 is 0 Å². The van der Waals surface area contributed by atoms with Crippen molar-refractivity contribution < 1.29 is 42.9 Å². The van der Waals surface area contributed by atoms with Gasteiger partial charge in [0.25, 0.3) is 0 Å². The number of hydrogen-bond donors (Lipinski definition) is 0. The number of carbonyl (C=O) groups excluding carboxylic acids is 3. The molecular weight excluding hydrogens is 911 g/mol. The number of esters is 2. The first-order valence-corrected chi connectivity index (χ1v) is 27.6. The molecule has 0 amide bonds. The lowest BCUT2D eigenvalue weighted by molar-refractivity contribution is -0.870. The molecule has 0 aliphatic heterocycles. The molecule has 2 atom stereocenters. The van der Waals surface area contributed by atoms with Crippen LogP contribution in [0, 0.1) is 0 Å². The highest BCUT2D eigenvalue weighted by Crippen LogP contribution is 2.11. The summed E-state index contributed by atoms with van der Waals surface area (Å²) in [5, 5.41) is 11.8. The molecule has 2 unspecified atom stereocenters. The number of hydrogen-bond acceptors (Lipinski definition) is 8. The van der Waals surface area contributed by atoms with Crippen molar-refractivity contribution in [1.82, 2.24) is 0 Å². The van der Waals surface area contributed by atoms with E-state index < -0.39 is 30.3 Å². The average Bonchev–Trinajstić information content (AvgIpc) is 3.36. The van der Waals surface area contributed by atoms with Gasteiger partial charge in [-0.05, 0) is 122 Å². The Morgan fingerprint density at radius 3 is 1.10 bits per heavy atom. The maximum absolute atomic E-state index is 12.8. The number of carboxylic acid groups (broad SMARTS) is 1. The number of likely N-dealkylation sites (N-methyl/N-ethyl adjacent to an activating group) is 1. The van der Waals surface area contributed by atoms with Crippen molar-refractivity contribution in [2.45, 2.75) is 180 Å². The Morgan fingerprint density at radius 1 is 0.411 bits per heavy atom. The van der Waals surface area contributed by atoms with Crippen LogP contribution in [0.4, 0.5) is 0 Å². The molecule has 0 aromatic rings. The first-order valence-electron chi connectivity index (χ1n) is 27.6. The van der Waals surface area contributed by atoms with Crippen molar-refractivity contribution in [1.29, 1.82) is 0 Å². The molecule has 0 bridgehead atoms. The van der Waals surface area contributed by atoms with Gasteiger partial charge in [-0.25, -0.2) is 0 Å². The normalized spacial score (nSPS) is 14.0. The maximum Gasteiger partial charge on any atom is 0.306 e. The Kier molecular flexibility index (Phi) is 49.5. The van der Waals surface area contributed by atoms with Crippen LogP contribution in [0.5, 0.6) is 0 Å². The van der Waals surface area contributed by atoms with Crippen LogP contribution in [0.1, 0.15) is 168 Å². The second-order valence-electron chi connectivity index (χ2n) is 18.8. The maximum atomic E-state index is 12.8. The summed E-state index contributed by atoms with van der Waals surface area (Å²) in [7, 11) is 5.88. The third-order valence-electron chi connectivity index (χ3n) is 10.8. The number of unbranched alkanes of at least 4 members (excludes halogenated alkanes) is 7. The summed E-state index contributed by atoms with van der Waals surface area (Å²) in [6.07, 6.45) is 75.7. The van der Waals surface area contributed by atoms with Crippen molar-refractivity contribution >= 4 is 17.9 Å². The number of allylic oxidation sites excluding steroid dienone is 26. The topological polar surface area (TPSA) is 111 Å². The summed E-state index contributed by atoms with van der Waals surface area (Å²) in [4.78, 5) is 37.2. The van der Waals surface area contributed by atoms with E-state index in [9.17, 15) is 19.5 Å². The number of quaternary nitrogens is 1. The number of rotatable bonds is 48.